The highest BCUT2D eigenvalue weighted by molar-refractivity contribution is 7.90. The summed E-state index contributed by atoms with van der Waals surface area (Å²) < 4.78 is 57.8. The molecule has 0 aliphatic rings. The molecule has 33 heavy (non-hydrogen) atoms. The molecule has 4 aromatic rings. The summed E-state index contributed by atoms with van der Waals surface area (Å²) >= 11 is 0. The van der Waals surface area contributed by atoms with Crippen LogP contribution in [0.5, 0.6) is 0 Å². The van der Waals surface area contributed by atoms with Crippen LogP contribution in [0.25, 0.3) is 27.9 Å². The van der Waals surface area contributed by atoms with Crippen LogP contribution >= 0.6 is 0 Å². The molecule has 0 saturated heterocycles. The van der Waals surface area contributed by atoms with Crippen molar-refractivity contribution in [3.63, 3.8) is 0 Å². The third-order valence-electron chi connectivity index (χ3n) is 4.90. The zero-order chi connectivity index (χ0) is 24.2. The van der Waals surface area contributed by atoms with Gasteiger partial charge in [0, 0.05) is 42.4 Å². The lowest BCUT2D eigenvalue weighted by molar-refractivity contribution is -0.0697. The van der Waals surface area contributed by atoms with Gasteiger partial charge in [-0.3, -0.25) is 0 Å². The van der Waals surface area contributed by atoms with Crippen LogP contribution in [0.4, 0.5) is 8.78 Å². The zero-order valence-electron chi connectivity index (χ0n) is 18.8. The molecule has 0 atom stereocenters. The number of nitrogens with zero attached hydrogens (tertiary/aromatic N) is 3. The number of benzene rings is 2. The van der Waals surface area contributed by atoms with Gasteiger partial charge in [-0.2, -0.15) is 13.9 Å². The quantitative estimate of drug-likeness (QED) is 0.383. The second-order valence-corrected chi connectivity index (χ2v) is 9.20. The molecule has 0 aliphatic carbocycles. The van der Waals surface area contributed by atoms with Crippen molar-refractivity contribution in [1.29, 1.82) is 0 Å². The Hall–Kier alpha value is -3.17. The van der Waals surface area contributed by atoms with Gasteiger partial charge in [-0.05, 0) is 23.3 Å². The summed E-state index contributed by atoms with van der Waals surface area (Å²) in [5.74, 6) is -3.06. The molecule has 0 aliphatic heterocycles. The Morgan fingerprint density at radius 2 is 1.70 bits per heavy atom. The number of fused-ring (bicyclic) bond motifs is 1. The monoisotopic (exact) mass is 473 g/mol. The van der Waals surface area contributed by atoms with Crippen LogP contribution in [0.2, 0.25) is 0 Å². The minimum Gasteiger partial charge on any atom is -0.378 e. The number of alkyl halides is 2. The first-order valence-corrected chi connectivity index (χ1v) is 12.2. The Bertz CT molecular complexity index is 1350. The van der Waals surface area contributed by atoms with Gasteiger partial charge in [0.2, 0.25) is 0 Å². The smallest absolute Gasteiger partial charge is 0.296 e. The number of halogens is 2. The van der Waals surface area contributed by atoms with Gasteiger partial charge in [-0.1, -0.05) is 50.2 Å². The second-order valence-electron chi connectivity index (χ2n) is 7.18. The number of methoxy groups -OCH3 is 1. The van der Waals surface area contributed by atoms with Crippen molar-refractivity contribution in [1.82, 2.24) is 14.6 Å². The fourth-order valence-electron chi connectivity index (χ4n) is 3.29. The van der Waals surface area contributed by atoms with Crippen LogP contribution < -0.4 is 0 Å². The molecule has 0 unspecified atom stereocenters. The van der Waals surface area contributed by atoms with Gasteiger partial charge >= 0.3 is 0 Å². The molecule has 0 bridgehead atoms. The Morgan fingerprint density at radius 3 is 2.33 bits per heavy atom. The summed E-state index contributed by atoms with van der Waals surface area (Å²) in [6, 6.07) is 12.5. The van der Waals surface area contributed by atoms with Crippen molar-refractivity contribution >= 4 is 15.5 Å². The Kier molecular flexibility index (Phi) is 7.24. The highest BCUT2D eigenvalue weighted by atomic mass is 32.2. The van der Waals surface area contributed by atoms with Crippen molar-refractivity contribution in [2.75, 3.05) is 20.0 Å². The molecule has 0 N–H and O–H groups in total. The van der Waals surface area contributed by atoms with Gasteiger partial charge in [0.05, 0.1) is 11.1 Å². The van der Waals surface area contributed by atoms with E-state index < -0.39 is 22.4 Å². The predicted molar refractivity (Wildman–Crippen MR) is 124 cm³/mol. The van der Waals surface area contributed by atoms with E-state index in [4.69, 9.17) is 0 Å². The third kappa shape index (κ3) is 5.26. The maximum atomic E-state index is 14.0. The molecule has 2 aromatic heterocycles. The van der Waals surface area contributed by atoms with Crippen LogP contribution in [-0.2, 0) is 20.5 Å². The van der Waals surface area contributed by atoms with E-state index in [9.17, 15) is 17.2 Å². The number of hydrogen-bond acceptors (Lipinski definition) is 5. The lowest BCUT2D eigenvalue weighted by Gasteiger charge is -2.15. The molecule has 0 saturated carbocycles. The van der Waals surface area contributed by atoms with Crippen molar-refractivity contribution in [2.45, 2.75) is 24.7 Å². The van der Waals surface area contributed by atoms with Crippen molar-refractivity contribution < 1.29 is 21.9 Å². The zero-order valence-corrected chi connectivity index (χ0v) is 19.6. The maximum absolute atomic E-state index is 14.0. The van der Waals surface area contributed by atoms with Crippen LogP contribution in [0.3, 0.4) is 0 Å². The molecule has 0 fully saturated rings. The van der Waals surface area contributed by atoms with Gasteiger partial charge < -0.3 is 4.74 Å². The van der Waals surface area contributed by atoms with Crippen LogP contribution in [-0.4, -0.2) is 43.0 Å². The second kappa shape index (κ2) is 9.76. The van der Waals surface area contributed by atoms with E-state index in [1.54, 1.807) is 53.4 Å². The first kappa shape index (κ1) is 24.5. The highest BCUT2D eigenvalue weighted by Crippen LogP contribution is 2.31. The summed E-state index contributed by atoms with van der Waals surface area (Å²) in [6.07, 6.45) is 6.14. The fraction of sp³-hybridized carbons (Fsp3) is 0.250. The van der Waals surface area contributed by atoms with E-state index in [1.165, 1.54) is 25.3 Å². The van der Waals surface area contributed by atoms with E-state index in [-0.39, 0.29) is 10.5 Å². The Labute approximate surface area is 191 Å². The van der Waals surface area contributed by atoms with Gasteiger partial charge in [0.1, 0.15) is 6.61 Å². The van der Waals surface area contributed by atoms with Crippen molar-refractivity contribution in [3.05, 3.63) is 72.7 Å². The average Bonchev–Trinajstić information content (AvgIpc) is 3.23. The summed E-state index contributed by atoms with van der Waals surface area (Å²) in [4.78, 5) is 4.68. The number of rotatable bonds is 6. The van der Waals surface area contributed by atoms with Crippen LogP contribution in [0.1, 0.15) is 19.4 Å². The first-order valence-electron chi connectivity index (χ1n) is 10.3. The number of hydrogen-bond donors (Lipinski definition) is 0. The van der Waals surface area contributed by atoms with Crippen molar-refractivity contribution in [2.24, 2.45) is 0 Å². The number of ether oxygens (including phenoxy) is 1. The standard InChI is InChI=1S/C22H19F2N3O3S.C2H6/c1-30-14-22(23,24)18-8-6-15(7-9-18)17-11-25-21-20(12-26-27(21)13-17)16-4-3-5-19(10-16)31(2,28)29;1-2/h3-13H,14H2,1-2H3;1-2H3. The molecule has 174 valence electrons. The van der Waals surface area contributed by atoms with E-state index in [0.717, 1.165) is 6.26 Å². The lowest BCUT2D eigenvalue weighted by Crippen LogP contribution is -2.19. The summed E-state index contributed by atoms with van der Waals surface area (Å²) in [5.41, 5.74) is 3.21. The molecule has 0 spiro atoms. The average molecular weight is 474 g/mol. The summed E-state index contributed by atoms with van der Waals surface area (Å²) in [6.45, 7) is 3.32. The Morgan fingerprint density at radius 1 is 1.00 bits per heavy atom. The molecule has 0 amide bonds. The Balaban J connectivity index is 0.00000149. The van der Waals surface area contributed by atoms with E-state index in [0.29, 0.717) is 27.9 Å². The van der Waals surface area contributed by atoms with E-state index in [2.05, 4.69) is 14.8 Å². The molecule has 4 rings (SSSR count). The SMILES string of the molecule is CC.COCC(F)(F)c1ccc(-c2cnc3c(-c4cccc(S(C)(=O)=O)c4)cnn3c2)cc1. The van der Waals surface area contributed by atoms with E-state index >= 15 is 0 Å². The molecule has 2 aromatic carbocycles. The topological polar surface area (TPSA) is 73.6 Å². The molecular weight excluding hydrogens is 448 g/mol. The number of aromatic nitrogens is 3. The van der Waals surface area contributed by atoms with Crippen LogP contribution in [0.15, 0.2) is 72.0 Å². The maximum Gasteiger partial charge on any atom is 0.296 e. The van der Waals surface area contributed by atoms with E-state index in [1.807, 2.05) is 13.8 Å². The minimum absolute atomic E-state index is 0.126. The molecule has 0 radical (unpaired) electrons. The third-order valence-corrected chi connectivity index (χ3v) is 6.01. The largest absolute Gasteiger partial charge is 0.378 e. The fourth-order valence-corrected chi connectivity index (χ4v) is 3.96. The molecule has 9 heteroatoms. The summed E-state index contributed by atoms with van der Waals surface area (Å²) in [7, 11) is -2.10. The first-order chi connectivity index (χ1) is 15.7. The van der Waals surface area contributed by atoms with Gasteiger partial charge in [-0.15, -0.1) is 0 Å². The normalized spacial score (nSPS) is 11.8. The van der Waals surface area contributed by atoms with Gasteiger partial charge in [0.25, 0.3) is 5.92 Å². The minimum atomic E-state index is -3.34. The summed E-state index contributed by atoms with van der Waals surface area (Å²) in [5, 5.41) is 4.32. The highest BCUT2D eigenvalue weighted by Gasteiger charge is 2.31. The number of sulfone groups is 1. The van der Waals surface area contributed by atoms with Gasteiger partial charge in [-0.25, -0.2) is 17.9 Å². The predicted octanol–water partition coefficient (Wildman–Crippen LogP) is 5.23. The molecule has 2 heterocycles. The van der Waals surface area contributed by atoms with Crippen molar-refractivity contribution in [3.8, 4) is 22.3 Å². The van der Waals surface area contributed by atoms with Gasteiger partial charge in [0.15, 0.2) is 15.5 Å². The molecule has 6 nitrogen and oxygen atoms in total. The van der Waals surface area contributed by atoms with Crippen LogP contribution in [0, 0.1) is 0 Å². The lowest BCUT2D eigenvalue weighted by atomic mass is 10.0. The molecular formula is C24H25F2N3O3S.